The van der Waals surface area contributed by atoms with E-state index in [-0.39, 0.29) is 6.61 Å². The first kappa shape index (κ1) is 12.4. The number of anilines is 2. The zero-order valence-electron chi connectivity index (χ0n) is 10.4. The number of aryl methyl sites for hydroxylation is 1. The van der Waals surface area contributed by atoms with E-state index in [0.29, 0.717) is 18.1 Å². The van der Waals surface area contributed by atoms with Crippen LogP contribution in [0.3, 0.4) is 0 Å². The molecular weight excluding hydrogens is 226 g/mol. The Hall–Kier alpha value is -2.07. The van der Waals surface area contributed by atoms with Gasteiger partial charge >= 0.3 is 0 Å². The molecule has 94 valence electrons. The second-order valence-corrected chi connectivity index (χ2v) is 4.22. The van der Waals surface area contributed by atoms with Gasteiger partial charge in [0.25, 0.3) is 0 Å². The summed E-state index contributed by atoms with van der Waals surface area (Å²) in [6.07, 6.45) is 1.74. The fourth-order valence-corrected chi connectivity index (χ4v) is 1.66. The number of aliphatic hydroxyl groups is 1. The van der Waals surface area contributed by atoms with Crippen molar-refractivity contribution in [3.8, 4) is 0 Å². The van der Waals surface area contributed by atoms with Crippen LogP contribution in [-0.4, -0.2) is 10.1 Å². The molecule has 0 aliphatic carbocycles. The van der Waals surface area contributed by atoms with Crippen molar-refractivity contribution in [3.05, 3.63) is 53.2 Å². The van der Waals surface area contributed by atoms with Crippen molar-refractivity contribution < 1.29 is 5.11 Å². The standard InChI is InChI=1S/C14H17N3O/c1-10-6-7-16-14(13(10)15)17-8-11-2-4-12(9-18)5-3-11/h2-7,18H,8-9,15H2,1H3,(H,16,17). The maximum absolute atomic E-state index is 8.96. The third-order valence-corrected chi connectivity index (χ3v) is 2.87. The Balaban J connectivity index is 2.04. The summed E-state index contributed by atoms with van der Waals surface area (Å²) in [4.78, 5) is 4.21. The van der Waals surface area contributed by atoms with E-state index in [4.69, 9.17) is 10.8 Å². The fraction of sp³-hybridized carbons (Fsp3) is 0.214. The summed E-state index contributed by atoms with van der Waals surface area (Å²) in [6, 6.07) is 9.65. The Morgan fingerprint density at radius 3 is 2.50 bits per heavy atom. The largest absolute Gasteiger partial charge is 0.396 e. The molecule has 0 saturated heterocycles. The summed E-state index contributed by atoms with van der Waals surface area (Å²) in [6.45, 7) is 2.69. The minimum absolute atomic E-state index is 0.0695. The first-order valence-corrected chi connectivity index (χ1v) is 5.84. The van der Waals surface area contributed by atoms with Crippen LogP contribution in [0.4, 0.5) is 11.5 Å². The lowest BCUT2D eigenvalue weighted by atomic mass is 10.1. The van der Waals surface area contributed by atoms with Crippen molar-refractivity contribution in [1.82, 2.24) is 4.98 Å². The van der Waals surface area contributed by atoms with Crippen LogP contribution in [0.25, 0.3) is 0 Å². The molecule has 0 spiro atoms. The van der Waals surface area contributed by atoms with Gasteiger partial charge in [-0.05, 0) is 29.7 Å². The van der Waals surface area contributed by atoms with E-state index in [1.54, 1.807) is 6.20 Å². The Labute approximate surface area is 106 Å². The molecule has 1 aromatic carbocycles. The molecule has 18 heavy (non-hydrogen) atoms. The van der Waals surface area contributed by atoms with E-state index in [0.717, 1.165) is 16.7 Å². The molecule has 4 nitrogen and oxygen atoms in total. The highest BCUT2D eigenvalue weighted by molar-refractivity contribution is 5.64. The maximum atomic E-state index is 8.96. The molecule has 0 amide bonds. The van der Waals surface area contributed by atoms with Gasteiger partial charge in [-0.1, -0.05) is 24.3 Å². The van der Waals surface area contributed by atoms with Crippen LogP contribution >= 0.6 is 0 Å². The van der Waals surface area contributed by atoms with Crippen LogP contribution in [0.1, 0.15) is 16.7 Å². The van der Waals surface area contributed by atoms with Gasteiger partial charge < -0.3 is 16.2 Å². The Morgan fingerprint density at radius 2 is 1.83 bits per heavy atom. The number of hydrogen-bond donors (Lipinski definition) is 3. The van der Waals surface area contributed by atoms with E-state index < -0.39 is 0 Å². The highest BCUT2D eigenvalue weighted by Crippen LogP contribution is 2.19. The number of nitrogens with one attached hydrogen (secondary N) is 1. The number of aromatic nitrogens is 1. The normalized spacial score (nSPS) is 10.3. The van der Waals surface area contributed by atoms with E-state index in [2.05, 4.69) is 10.3 Å². The SMILES string of the molecule is Cc1ccnc(NCc2ccc(CO)cc2)c1N. The fourth-order valence-electron chi connectivity index (χ4n) is 1.66. The molecule has 2 aromatic rings. The predicted octanol–water partition coefficient (Wildman–Crippen LogP) is 2.08. The lowest BCUT2D eigenvalue weighted by Crippen LogP contribution is -2.05. The number of benzene rings is 1. The highest BCUT2D eigenvalue weighted by Gasteiger charge is 2.02. The summed E-state index contributed by atoms with van der Waals surface area (Å²) in [5.41, 5.74) is 9.67. The van der Waals surface area contributed by atoms with Gasteiger partial charge in [0, 0.05) is 12.7 Å². The zero-order chi connectivity index (χ0) is 13.0. The highest BCUT2D eigenvalue weighted by atomic mass is 16.3. The van der Waals surface area contributed by atoms with E-state index in [1.807, 2.05) is 37.3 Å². The predicted molar refractivity (Wildman–Crippen MR) is 73.1 cm³/mol. The molecule has 0 aliphatic rings. The topological polar surface area (TPSA) is 71.2 Å². The second-order valence-electron chi connectivity index (χ2n) is 4.22. The van der Waals surface area contributed by atoms with E-state index >= 15 is 0 Å². The van der Waals surface area contributed by atoms with Gasteiger partial charge in [-0.25, -0.2) is 4.98 Å². The molecule has 4 N–H and O–H groups in total. The molecular formula is C14H17N3O. The van der Waals surface area contributed by atoms with Gasteiger partial charge in [-0.15, -0.1) is 0 Å². The minimum Gasteiger partial charge on any atom is -0.396 e. The number of hydrogen-bond acceptors (Lipinski definition) is 4. The molecule has 0 unspecified atom stereocenters. The zero-order valence-corrected chi connectivity index (χ0v) is 10.4. The monoisotopic (exact) mass is 243 g/mol. The van der Waals surface area contributed by atoms with Crippen LogP contribution in [0.2, 0.25) is 0 Å². The van der Waals surface area contributed by atoms with Gasteiger partial charge in [0.1, 0.15) is 5.82 Å². The molecule has 1 aromatic heterocycles. The molecule has 0 bridgehead atoms. The number of pyridine rings is 1. The second kappa shape index (κ2) is 5.51. The molecule has 0 saturated carbocycles. The molecule has 1 heterocycles. The third-order valence-electron chi connectivity index (χ3n) is 2.87. The van der Waals surface area contributed by atoms with Crippen LogP contribution in [0.15, 0.2) is 36.5 Å². The lowest BCUT2D eigenvalue weighted by Gasteiger charge is -2.10. The van der Waals surface area contributed by atoms with Crippen molar-refractivity contribution >= 4 is 11.5 Å². The molecule has 4 heteroatoms. The van der Waals surface area contributed by atoms with Crippen molar-refractivity contribution in [2.75, 3.05) is 11.1 Å². The van der Waals surface area contributed by atoms with Gasteiger partial charge in [0.15, 0.2) is 0 Å². The van der Waals surface area contributed by atoms with Crippen LogP contribution < -0.4 is 11.1 Å². The van der Waals surface area contributed by atoms with Crippen molar-refractivity contribution in [2.45, 2.75) is 20.1 Å². The average molecular weight is 243 g/mol. The molecule has 0 aliphatic heterocycles. The number of nitrogens with zero attached hydrogens (tertiary/aromatic N) is 1. The lowest BCUT2D eigenvalue weighted by molar-refractivity contribution is 0.282. The number of nitrogen functional groups attached to an aromatic ring is 1. The van der Waals surface area contributed by atoms with Crippen molar-refractivity contribution in [2.24, 2.45) is 0 Å². The van der Waals surface area contributed by atoms with Crippen molar-refractivity contribution in [3.63, 3.8) is 0 Å². The summed E-state index contributed by atoms with van der Waals surface area (Å²) in [5.74, 6) is 0.709. The van der Waals surface area contributed by atoms with Gasteiger partial charge in [-0.3, -0.25) is 0 Å². The summed E-state index contributed by atoms with van der Waals surface area (Å²) < 4.78 is 0. The number of rotatable bonds is 4. The van der Waals surface area contributed by atoms with E-state index in [1.165, 1.54) is 0 Å². The summed E-state index contributed by atoms with van der Waals surface area (Å²) >= 11 is 0. The Bertz CT molecular complexity index is 523. The van der Waals surface area contributed by atoms with Crippen LogP contribution in [0, 0.1) is 6.92 Å². The van der Waals surface area contributed by atoms with Gasteiger partial charge in [0.05, 0.1) is 12.3 Å². The number of nitrogens with two attached hydrogens (primary N) is 1. The Kier molecular flexibility index (Phi) is 3.79. The molecule has 2 rings (SSSR count). The average Bonchev–Trinajstić information content (AvgIpc) is 2.41. The van der Waals surface area contributed by atoms with Gasteiger partial charge in [0.2, 0.25) is 0 Å². The summed E-state index contributed by atoms with van der Waals surface area (Å²) in [7, 11) is 0. The minimum atomic E-state index is 0.0695. The molecule has 0 radical (unpaired) electrons. The van der Waals surface area contributed by atoms with E-state index in [9.17, 15) is 0 Å². The number of aliphatic hydroxyl groups excluding tert-OH is 1. The first-order valence-electron chi connectivity index (χ1n) is 5.84. The van der Waals surface area contributed by atoms with Crippen molar-refractivity contribution in [1.29, 1.82) is 0 Å². The maximum Gasteiger partial charge on any atom is 0.149 e. The Morgan fingerprint density at radius 1 is 1.17 bits per heavy atom. The van der Waals surface area contributed by atoms with Crippen LogP contribution in [-0.2, 0) is 13.2 Å². The molecule has 0 atom stereocenters. The smallest absolute Gasteiger partial charge is 0.149 e. The summed E-state index contributed by atoms with van der Waals surface area (Å²) in [5, 5.41) is 12.2. The van der Waals surface area contributed by atoms with Gasteiger partial charge in [-0.2, -0.15) is 0 Å². The van der Waals surface area contributed by atoms with Crippen LogP contribution in [0.5, 0.6) is 0 Å². The first-order chi connectivity index (χ1) is 8.70. The molecule has 0 fully saturated rings. The quantitative estimate of drug-likeness (QED) is 0.768. The third kappa shape index (κ3) is 2.78.